The topological polar surface area (TPSA) is 80.1 Å². The Bertz CT molecular complexity index is 1040. The predicted molar refractivity (Wildman–Crippen MR) is 112 cm³/mol. The lowest BCUT2D eigenvalue weighted by Crippen LogP contribution is -2.04. The molecule has 6 nitrogen and oxygen atoms in total. The third-order valence-corrected chi connectivity index (χ3v) is 4.76. The van der Waals surface area contributed by atoms with Crippen LogP contribution in [0.25, 0.3) is 11.3 Å². The minimum atomic E-state index is 0.324. The van der Waals surface area contributed by atoms with Crippen molar-refractivity contribution in [2.75, 3.05) is 25.8 Å². The van der Waals surface area contributed by atoms with Gasteiger partial charge in [-0.15, -0.1) is 0 Å². The number of anilines is 2. The number of aromatic nitrogens is 2. The van der Waals surface area contributed by atoms with Crippen LogP contribution in [0.15, 0.2) is 47.6 Å². The minimum absolute atomic E-state index is 0.324. The number of hydrogen-bond acceptors (Lipinski definition) is 7. The van der Waals surface area contributed by atoms with Gasteiger partial charge >= 0.3 is 0 Å². The molecule has 0 spiro atoms. The molecule has 0 radical (unpaired) electrons. The third-order valence-electron chi connectivity index (χ3n) is 3.96. The quantitative estimate of drug-likeness (QED) is 0.442. The van der Waals surface area contributed by atoms with E-state index in [4.69, 9.17) is 21.1 Å². The number of nitrogens with one attached hydrogen (secondary N) is 1. The van der Waals surface area contributed by atoms with Crippen LogP contribution in [0.3, 0.4) is 0 Å². The van der Waals surface area contributed by atoms with Gasteiger partial charge in [-0.2, -0.15) is 5.26 Å². The summed E-state index contributed by atoms with van der Waals surface area (Å²) < 4.78 is 10.7. The molecule has 0 fully saturated rings. The summed E-state index contributed by atoms with van der Waals surface area (Å²) in [7, 11) is 3.16. The second kappa shape index (κ2) is 8.83. The van der Waals surface area contributed by atoms with Crippen LogP contribution in [0, 0.1) is 11.3 Å². The summed E-state index contributed by atoms with van der Waals surface area (Å²) in [6.07, 6.45) is 1.88. The van der Waals surface area contributed by atoms with Gasteiger partial charge in [0, 0.05) is 16.7 Å². The molecule has 0 aliphatic heterocycles. The fourth-order valence-electron chi connectivity index (χ4n) is 2.58. The zero-order chi connectivity index (χ0) is 20.1. The number of thioether (sulfide) groups is 1. The average molecular weight is 413 g/mol. The van der Waals surface area contributed by atoms with Crippen molar-refractivity contribution in [2.24, 2.45) is 0 Å². The highest BCUT2D eigenvalue weighted by atomic mass is 35.5. The highest BCUT2D eigenvalue weighted by Crippen LogP contribution is 2.35. The molecule has 3 aromatic rings. The maximum absolute atomic E-state index is 9.83. The molecule has 0 unspecified atom stereocenters. The molecule has 1 aromatic heterocycles. The molecule has 0 bridgehead atoms. The first-order valence-corrected chi connectivity index (χ1v) is 9.81. The number of rotatable bonds is 6. The Kier molecular flexibility index (Phi) is 6.24. The molecule has 0 aliphatic carbocycles. The SMILES string of the molecule is COc1ccc(OC)c(Nc2nc(SC)nc(-c3ccc(Cl)cc3)c2C#N)c1. The first-order chi connectivity index (χ1) is 13.6. The molecule has 3 rings (SSSR count). The lowest BCUT2D eigenvalue weighted by atomic mass is 10.1. The molecular formula is C20H17ClN4O2S. The Balaban J connectivity index is 2.15. The zero-order valence-corrected chi connectivity index (χ0v) is 17.1. The fourth-order valence-corrected chi connectivity index (χ4v) is 3.07. The maximum Gasteiger partial charge on any atom is 0.189 e. The molecule has 0 saturated carbocycles. The summed E-state index contributed by atoms with van der Waals surface area (Å²) in [5.41, 5.74) is 2.26. The molecule has 142 valence electrons. The third kappa shape index (κ3) is 4.14. The first-order valence-electron chi connectivity index (χ1n) is 8.20. The van der Waals surface area contributed by atoms with Crippen LogP contribution in [-0.4, -0.2) is 30.4 Å². The summed E-state index contributed by atoms with van der Waals surface area (Å²) in [5, 5.41) is 14.2. The van der Waals surface area contributed by atoms with E-state index in [0.717, 1.165) is 5.56 Å². The zero-order valence-electron chi connectivity index (χ0n) is 15.5. The van der Waals surface area contributed by atoms with Crippen LogP contribution >= 0.6 is 23.4 Å². The van der Waals surface area contributed by atoms with E-state index in [1.165, 1.54) is 11.8 Å². The van der Waals surface area contributed by atoms with Gasteiger partial charge in [-0.1, -0.05) is 35.5 Å². The second-order valence-electron chi connectivity index (χ2n) is 5.59. The van der Waals surface area contributed by atoms with E-state index >= 15 is 0 Å². The van der Waals surface area contributed by atoms with Crippen molar-refractivity contribution in [3.63, 3.8) is 0 Å². The number of hydrogen-bond donors (Lipinski definition) is 1. The molecule has 2 aromatic carbocycles. The normalized spacial score (nSPS) is 10.2. The lowest BCUT2D eigenvalue weighted by molar-refractivity contribution is 0.405. The minimum Gasteiger partial charge on any atom is -0.497 e. The molecule has 1 heterocycles. The van der Waals surface area contributed by atoms with Crippen LogP contribution in [0.4, 0.5) is 11.5 Å². The van der Waals surface area contributed by atoms with Gasteiger partial charge in [0.25, 0.3) is 0 Å². The summed E-state index contributed by atoms with van der Waals surface area (Å²) in [6.45, 7) is 0. The van der Waals surface area contributed by atoms with Gasteiger partial charge in [-0.05, 0) is 30.5 Å². The Morgan fingerprint density at radius 3 is 2.43 bits per heavy atom. The molecule has 28 heavy (non-hydrogen) atoms. The number of methoxy groups -OCH3 is 2. The second-order valence-corrected chi connectivity index (χ2v) is 6.80. The van der Waals surface area contributed by atoms with E-state index in [1.807, 2.05) is 18.4 Å². The number of ether oxygens (including phenoxy) is 2. The first kappa shape index (κ1) is 19.8. The van der Waals surface area contributed by atoms with Gasteiger partial charge in [-0.25, -0.2) is 9.97 Å². The summed E-state index contributed by atoms with van der Waals surface area (Å²) in [4.78, 5) is 9.02. The molecule has 0 aliphatic rings. The van der Waals surface area contributed by atoms with E-state index < -0.39 is 0 Å². The van der Waals surface area contributed by atoms with Crippen LogP contribution in [0.2, 0.25) is 5.02 Å². The number of halogens is 1. The van der Waals surface area contributed by atoms with Gasteiger partial charge < -0.3 is 14.8 Å². The largest absolute Gasteiger partial charge is 0.497 e. The van der Waals surface area contributed by atoms with E-state index in [2.05, 4.69) is 21.4 Å². The van der Waals surface area contributed by atoms with E-state index in [0.29, 0.717) is 44.4 Å². The smallest absolute Gasteiger partial charge is 0.189 e. The lowest BCUT2D eigenvalue weighted by Gasteiger charge is -2.15. The highest BCUT2D eigenvalue weighted by Gasteiger charge is 2.18. The molecular weight excluding hydrogens is 396 g/mol. The van der Waals surface area contributed by atoms with Gasteiger partial charge in [0.2, 0.25) is 0 Å². The van der Waals surface area contributed by atoms with Crippen LogP contribution in [0.5, 0.6) is 11.5 Å². The molecule has 0 saturated heterocycles. The van der Waals surface area contributed by atoms with Crippen molar-refractivity contribution in [3.05, 3.63) is 53.1 Å². The maximum atomic E-state index is 9.83. The van der Waals surface area contributed by atoms with E-state index in [1.54, 1.807) is 44.6 Å². The summed E-state index contributed by atoms with van der Waals surface area (Å²) in [5.74, 6) is 1.64. The summed E-state index contributed by atoms with van der Waals surface area (Å²) >= 11 is 7.38. The van der Waals surface area contributed by atoms with Crippen molar-refractivity contribution < 1.29 is 9.47 Å². The van der Waals surface area contributed by atoms with E-state index in [9.17, 15) is 5.26 Å². The van der Waals surface area contributed by atoms with Crippen LogP contribution in [-0.2, 0) is 0 Å². The molecule has 1 N–H and O–H groups in total. The summed E-state index contributed by atoms with van der Waals surface area (Å²) in [6, 6.07) is 14.7. The Morgan fingerprint density at radius 1 is 1.07 bits per heavy atom. The highest BCUT2D eigenvalue weighted by molar-refractivity contribution is 7.98. The number of nitrogens with zero attached hydrogens (tertiary/aromatic N) is 3. The van der Waals surface area contributed by atoms with Gasteiger partial charge in [0.1, 0.15) is 23.1 Å². The average Bonchev–Trinajstić information content (AvgIpc) is 2.73. The van der Waals surface area contributed by atoms with E-state index in [-0.39, 0.29) is 0 Å². The van der Waals surface area contributed by atoms with Crippen molar-refractivity contribution >= 4 is 34.9 Å². The standard InChI is InChI=1S/C20H17ClN4O2S/c1-26-14-8-9-17(27-2)16(10-14)23-19-15(11-22)18(24-20(25-19)28-3)12-4-6-13(21)7-5-12/h4-10H,1-3H3,(H,23,24,25). The van der Waals surface area contributed by atoms with Crippen molar-refractivity contribution in [2.45, 2.75) is 5.16 Å². The molecule has 0 atom stereocenters. The predicted octanol–water partition coefficient (Wildman–Crippen LogP) is 5.15. The number of benzene rings is 2. The van der Waals surface area contributed by atoms with Gasteiger partial charge in [-0.3, -0.25) is 0 Å². The Hall–Kier alpha value is -2.95. The number of nitriles is 1. The van der Waals surface area contributed by atoms with Gasteiger partial charge in [0.15, 0.2) is 11.0 Å². The monoisotopic (exact) mass is 412 g/mol. The fraction of sp³-hybridized carbons (Fsp3) is 0.150. The van der Waals surface area contributed by atoms with Crippen molar-refractivity contribution in [1.29, 1.82) is 5.26 Å². The van der Waals surface area contributed by atoms with Crippen LogP contribution < -0.4 is 14.8 Å². The molecule has 8 heteroatoms. The Labute approximate surface area is 172 Å². The molecule has 0 amide bonds. The Morgan fingerprint density at radius 2 is 1.82 bits per heavy atom. The van der Waals surface area contributed by atoms with Crippen LogP contribution in [0.1, 0.15) is 5.56 Å². The van der Waals surface area contributed by atoms with Crippen molar-refractivity contribution in [3.8, 4) is 28.8 Å². The van der Waals surface area contributed by atoms with Crippen molar-refractivity contribution in [1.82, 2.24) is 9.97 Å². The van der Waals surface area contributed by atoms with Gasteiger partial charge in [0.05, 0.1) is 25.6 Å².